The lowest BCUT2D eigenvalue weighted by Gasteiger charge is -2.49. The van der Waals surface area contributed by atoms with Crippen LogP contribution in [0.2, 0.25) is 0 Å². The lowest BCUT2D eigenvalue weighted by molar-refractivity contribution is -0.150. The first kappa shape index (κ1) is 32.9. The summed E-state index contributed by atoms with van der Waals surface area (Å²) < 4.78 is 7.48. The average molecular weight is 693 g/mol. The van der Waals surface area contributed by atoms with Gasteiger partial charge >= 0.3 is 0 Å². The number of nitrogens with zero attached hydrogens (tertiary/aromatic N) is 5. The van der Waals surface area contributed by atoms with Gasteiger partial charge < -0.3 is 9.64 Å². The van der Waals surface area contributed by atoms with Crippen LogP contribution >= 0.6 is 11.8 Å². The maximum atomic E-state index is 14.5. The van der Waals surface area contributed by atoms with Gasteiger partial charge in [-0.05, 0) is 71.1 Å². The number of rotatable bonds is 11. The van der Waals surface area contributed by atoms with Gasteiger partial charge in [0.05, 0.1) is 12.1 Å². The number of nitrogens with one attached hydrogen (secondary N) is 1. The fourth-order valence-corrected chi connectivity index (χ4v) is 9.08. The molecule has 8 nitrogen and oxygen atoms in total. The van der Waals surface area contributed by atoms with E-state index in [9.17, 15) is 4.79 Å². The van der Waals surface area contributed by atoms with Crippen molar-refractivity contribution in [1.82, 2.24) is 30.4 Å². The number of fused-ring (bicyclic) bond motifs is 1. The molecular weight excluding hydrogens is 653 g/mol. The fraction of sp³-hybridized carbons (Fsp3) is 0.238. The highest BCUT2D eigenvalue weighted by Crippen LogP contribution is 2.57. The fourth-order valence-electron chi connectivity index (χ4n) is 7.45. The lowest BCUT2D eigenvalue weighted by Crippen LogP contribution is -2.70. The van der Waals surface area contributed by atoms with Gasteiger partial charge in [-0.25, -0.2) is 4.68 Å². The summed E-state index contributed by atoms with van der Waals surface area (Å²) in [6.45, 7) is 7.45. The van der Waals surface area contributed by atoms with Crippen LogP contribution in [0.1, 0.15) is 59.1 Å². The Bertz CT molecular complexity index is 2070. The standard InChI is InChI=1S/C42H40N6O2S/c1-29-19-23-34(24-20-29)42(32-15-9-5-10-16-32,33-17-11-6-12-18-33)43-36-39(49)48-37(41(2,3)51-40(36)48)38-44-45-46-47(38)27-30-21-25-35(26-22-30)50-28-31-13-7-4-8-14-31/h4-26,36-37,40,43H,27-28H2,1-3H3/t36?,37?,40-/m0/s1. The predicted octanol–water partition coefficient (Wildman–Crippen LogP) is 7.29. The van der Waals surface area contributed by atoms with Crippen molar-refractivity contribution < 1.29 is 9.53 Å². The summed E-state index contributed by atoms with van der Waals surface area (Å²) in [6, 6.07) is 46.9. The summed E-state index contributed by atoms with van der Waals surface area (Å²) in [4.78, 5) is 16.5. The molecule has 0 bridgehead atoms. The van der Waals surface area contributed by atoms with Crippen molar-refractivity contribution in [3.8, 4) is 5.75 Å². The Labute approximate surface area is 302 Å². The van der Waals surface area contributed by atoms with Crippen molar-refractivity contribution in [3.05, 3.63) is 179 Å². The number of tetrazole rings is 1. The Morgan fingerprint density at radius 1 is 0.765 bits per heavy atom. The third-order valence-electron chi connectivity index (χ3n) is 10.0. The number of ether oxygens (including phenoxy) is 1. The molecule has 2 aliphatic heterocycles. The number of aryl methyl sites for hydroxylation is 1. The minimum atomic E-state index is -0.760. The molecule has 1 amide bonds. The van der Waals surface area contributed by atoms with Crippen LogP contribution in [-0.4, -0.2) is 47.2 Å². The SMILES string of the molecule is Cc1ccc(C(NC2C(=O)N3C(c4nnnn4Cc4ccc(OCc5ccccc5)cc4)C(C)(C)S[C@@H]23)(c2ccccc2)c2ccccc2)cc1. The van der Waals surface area contributed by atoms with Crippen LogP contribution in [0, 0.1) is 6.92 Å². The van der Waals surface area contributed by atoms with Gasteiger partial charge in [0.1, 0.15) is 29.8 Å². The van der Waals surface area contributed by atoms with E-state index in [-0.39, 0.29) is 22.1 Å². The van der Waals surface area contributed by atoms with Crippen molar-refractivity contribution in [2.75, 3.05) is 0 Å². The van der Waals surface area contributed by atoms with Crippen LogP contribution < -0.4 is 10.1 Å². The zero-order chi connectivity index (χ0) is 35.0. The zero-order valence-electron chi connectivity index (χ0n) is 28.9. The summed E-state index contributed by atoms with van der Waals surface area (Å²) >= 11 is 1.80. The second-order valence-electron chi connectivity index (χ2n) is 13.8. The maximum Gasteiger partial charge on any atom is 0.244 e. The monoisotopic (exact) mass is 692 g/mol. The molecule has 2 saturated heterocycles. The van der Waals surface area contributed by atoms with Crippen LogP contribution in [-0.2, 0) is 23.5 Å². The molecule has 6 aromatic rings. The van der Waals surface area contributed by atoms with Gasteiger partial charge in [0, 0.05) is 4.75 Å². The molecule has 0 spiro atoms. The average Bonchev–Trinajstić information content (AvgIpc) is 3.72. The minimum absolute atomic E-state index is 0.0425. The molecule has 1 aromatic heterocycles. The number of carbonyl (C=O) groups excluding carboxylic acids is 1. The van der Waals surface area contributed by atoms with Gasteiger partial charge in [0.25, 0.3) is 0 Å². The van der Waals surface area contributed by atoms with Crippen LogP contribution in [0.15, 0.2) is 140 Å². The van der Waals surface area contributed by atoms with Crippen molar-refractivity contribution in [2.45, 2.75) is 61.7 Å². The normalized spacial score (nSPS) is 19.4. The largest absolute Gasteiger partial charge is 0.489 e. The summed E-state index contributed by atoms with van der Waals surface area (Å²) in [5.74, 6) is 1.52. The summed E-state index contributed by atoms with van der Waals surface area (Å²) in [5, 5.41) is 16.9. The van der Waals surface area contributed by atoms with E-state index in [2.05, 4.69) is 127 Å². The molecule has 2 fully saturated rings. The molecule has 2 unspecified atom stereocenters. The van der Waals surface area contributed by atoms with E-state index >= 15 is 0 Å². The molecule has 3 heterocycles. The third-order valence-corrected chi connectivity index (χ3v) is 11.6. The minimum Gasteiger partial charge on any atom is -0.489 e. The molecular formula is C42H40N6O2S. The molecule has 1 N–H and O–H groups in total. The van der Waals surface area contributed by atoms with Gasteiger partial charge in [-0.1, -0.05) is 133 Å². The quantitative estimate of drug-likeness (QED) is 0.113. The molecule has 9 heteroatoms. The highest BCUT2D eigenvalue weighted by Gasteiger charge is 2.64. The van der Waals surface area contributed by atoms with Crippen LogP contribution in [0.25, 0.3) is 0 Å². The maximum absolute atomic E-state index is 14.5. The number of amides is 1. The second kappa shape index (κ2) is 13.5. The van der Waals surface area contributed by atoms with Gasteiger partial charge in [0.2, 0.25) is 5.91 Å². The third kappa shape index (κ3) is 6.10. The molecule has 0 radical (unpaired) electrons. The number of thioether (sulfide) groups is 1. The van der Waals surface area contributed by atoms with Crippen LogP contribution in [0.5, 0.6) is 5.75 Å². The number of carbonyl (C=O) groups is 1. The molecule has 2 aliphatic rings. The molecule has 256 valence electrons. The van der Waals surface area contributed by atoms with E-state index in [1.54, 1.807) is 11.8 Å². The first-order chi connectivity index (χ1) is 24.8. The summed E-state index contributed by atoms with van der Waals surface area (Å²) in [6.07, 6.45) is 0. The first-order valence-corrected chi connectivity index (χ1v) is 18.2. The van der Waals surface area contributed by atoms with Gasteiger partial charge in [0.15, 0.2) is 5.82 Å². The van der Waals surface area contributed by atoms with Crippen molar-refractivity contribution in [2.24, 2.45) is 0 Å². The molecule has 3 atom stereocenters. The van der Waals surface area contributed by atoms with E-state index in [1.165, 1.54) is 5.56 Å². The topological polar surface area (TPSA) is 85.2 Å². The highest BCUT2D eigenvalue weighted by atomic mass is 32.2. The lowest BCUT2D eigenvalue weighted by atomic mass is 9.75. The molecule has 8 rings (SSSR count). The Hall–Kier alpha value is -5.25. The molecule has 0 saturated carbocycles. The molecule has 51 heavy (non-hydrogen) atoms. The van der Waals surface area contributed by atoms with Crippen LogP contribution in [0.4, 0.5) is 0 Å². The molecule has 0 aliphatic carbocycles. The number of β-lactam (4-membered cyclic amide) rings is 1. The Morgan fingerprint density at radius 2 is 1.35 bits per heavy atom. The number of aromatic nitrogens is 4. The number of benzene rings is 5. The smallest absolute Gasteiger partial charge is 0.244 e. The van der Waals surface area contributed by atoms with Gasteiger partial charge in [-0.15, -0.1) is 16.9 Å². The van der Waals surface area contributed by atoms with Crippen molar-refractivity contribution in [1.29, 1.82) is 0 Å². The number of hydrogen-bond donors (Lipinski definition) is 1. The van der Waals surface area contributed by atoms with Crippen LogP contribution in [0.3, 0.4) is 0 Å². The van der Waals surface area contributed by atoms with Crippen molar-refractivity contribution >= 4 is 17.7 Å². The summed E-state index contributed by atoms with van der Waals surface area (Å²) in [7, 11) is 0. The van der Waals surface area contributed by atoms with Crippen molar-refractivity contribution in [3.63, 3.8) is 0 Å². The van der Waals surface area contributed by atoms with Gasteiger partial charge in [-0.3, -0.25) is 10.1 Å². The highest BCUT2D eigenvalue weighted by molar-refractivity contribution is 8.01. The Kier molecular flexibility index (Phi) is 8.69. The van der Waals surface area contributed by atoms with E-state index in [0.717, 1.165) is 33.6 Å². The Balaban J connectivity index is 1.07. The van der Waals surface area contributed by atoms with E-state index in [4.69, 9.17) is 4.74 Å². The predicted molar refractivity (Wildman–Crippen MR) is 200 cm³/mol. The van der Waals surface area contributed by atoms with Gasteiger partial charge in [-0.2, -0.15) is 0 Å². The van der Waals surface area contributed by atoms with E-state index in [1.807, 2.05) is 64.2 Å². The van der Waals surface area contributed by atoms with E-state index in [0.29, 0.717) is 19.0 Å². The zero-order valence-corrected chi connectivity index (χ0v) is 29.7. The number of hydrogen-bond acceptors (Lipinski definition) is 7. The summed E-state index contributed by atoms with van der Waals surface area (Å²) in [5.41, 5.74) is 5.81. The molecule has 5 aromatic carbocycles. The Morgan fingerprint density at radius 3 is 1.98 bits per heavy atom. The first-order valence-electron chi connectivity index (χ1n) is 17.3. The van der Waals surface area contributed by atoms with E-state index < -0.39 is 11.6 Å². The second-order valence-corrected chi connectivity index (χ2v) is 15.6.